The number of oxime groups is 1. The molecule has 0 spiro atoms. The quantitative estimate of drug-likeness (QED) is 0.507. The van der Waals surface area contributed by atoms with Crippen LogP contribution < -0.4 is 4.74 Å². The molecule has 4 heteroatoms. The predicted molar refractivity (Wildman–Crippen MR) is 67.1 cm³/mol. The van der Waals surface area contributed by atoms with Gasteiger partial charge in [0.1, 0.15) is 11.5 Å². The molecular weight excluding hydrogens is 228 g/mol. The van der Waals surface area contributed by atoms with Crippen LogP contribution in [-0.4, -0.2) is 11.4 Å². The van der Waals surface area contributed by atoms with Gasteiger partial charge in [0.15, 0.2) is 0 Å². The Balaban J connectivity index is 2.38. The van der Waals surface area contributed by atoms with Crippen LogP contribution in [-0.2, 0) is 0 Å². The van der Waals surface area contributed by atoms with Gasteiger partial charge in [0.25, 0.3) is 0 Å². The largest absolute Gasteiger partial charge is 0.457 e. The van der Waals surface area contributed by atoms with Crippen molar-refractivity contribution in [3.05, 3.63) is 59.7 Å². The average molecular weight is 238 g/mol. The minimum atomic E-state index is 0.470. The van der Waals surface area contributed by atoms with E-state index < -0.39 is 0 Å². The van der Waals surface area contributed by atoms with Gasteiger partial charge < -0.3 is 9.94 Å². The first-order valence-corrected chi connectivity index (χ1v) is 5.28. The highest BCUT2D eigenvalue weighted by atomic mass is 16.5. The van der Waals surface area contributed by atoms with Crippen LogP contribution >= 0.6 is 0 Å². The van der Waals surface area contributed by atoms with Gasteiger partial charge >= 0.3 is 0 Å². The van der Waals surface area contributed by atoms with Crippen LogP contribution in [0.3, 0.4) is 0 Å². The third-order valence-corrected chi connectivity index (χ3v) is 2.31. The zero-order valence-corrected chi connectivity index (χ0v) is 9.45. The molecule has 0 radical (unpaired) electrons. The van der Waals surface area contributed by atoms with Gasteiger partial charge in [-0.3, -0.25) is 0 Å². The van der Waals surface area contributed by atoms with Gasteiger partial charge in [-0.25, -0.2) is 0 Å². The molecule has 2 rings (SSSR count). The smallest absolute Gasteiger partial charge is 0.137 e. The number of hydrogen-bond donors (Lipinski definition) is 1. The van der Waals surface area contributed by atoms with Crippen LogP contribution in [0.5, 0.6) is 11.5 Å². The number of nitrogens with zero attached hydrogens (tertiary/aromatic N) is 2. The van der Waals surface area contributed by atoms with Crippen molar-refractivity contribution in [2.24, 2.45) is 5.16 Å². The monoisotopic (exact) mass is 238 g/mol. The second kappa shape index (κ2) is 5.51. The first-order valence-electron chi connectivity index (χ1n) is 5.28. The maximum atomic E-state index is 8.86. The van der Waals surface area contributed by atoms with E-state index in [0.717, 1.165) is 0 Å². The molecule has 0 heterocycles. The molecule has 2 aromatic rings. The van der Waals surface area contributed by atoms with Crippen LogP contribution in [0.15, 0.2) is 53.7 Å². The second-order valence-electron chi connectivity index (χ2n) is 3.52. The number of benzene rings is 2. The lowest BCUT2D eigenvalue weighted by Gasteiger charge is -2.08. The van der Waals surface area contributed by atoms with E-state index in [0.29, 0.717) is 22.6 Å². The topological polar surface area (TPSA) is 65.6 Å². The van der Waals surface area contributed by atoms with Crippen molar-refractivity contribution in [3.63, 3.8) is 0 Å². The summed E-state index contributed by atoms with van der Waals surface area (Å²) in [7, 11) is 0. The number of ether oxygens (including phenoxy) is 1. The lowest BCUT2D eigenvalue weighted by atomic mass is 10.1. The van der Waals surface area contributed by atoms with E-state index in [4.69, 9.17) is 15.2 Å². The zero-order valence-electron chi connectivity index (χ0n) is 9.45. The van der Waals surface area contributed by atoms with Crippen molar-refractivity contribution in [2.45, 2.75) is 0 Å². The highest BCUT2D eigenvalue weighted by molar-refractivity contribution is 5.83. The maximum Gasteiger partial charge on any atom is 0.137 e. The van der Waals surface area contributed by atoms with E-state index in [-0.39, 0.29) is 0 Å². The average Bonchev–Trinajstić information content (AvgIpc) is 2.42. The standard InChI is InChI=1S/C14H10N2O2/c15-9-11-6-7-12(10-16-17)14(8-11)18-13-4-2-1-3-5-13/h1-8,10,17H. The second-order valence-corrected chi connectivity index (χ2v) is 3.52. The molecule has 0 bridgehead atoms. The van der Waals surface area contributed by atoms with Crippen molar-refractivity contribution in [3.8, 4) is 17.6 Å². The molecule has 0 amide bonds. The fourth-order valence-corrected chi connectivity index (χ4v) is 1.48. The van der Waals surface area contributed by atoms with Gasteiger partial charge in [-0.2, -0.15) is 5.26 Å². The minimum absolute atomic E-state index is 0.470. The molecule has 0 aliphatic heterocycles. The molecule has 18 heavy (non-hydrogen) atoms. The Kier molecular flexibility index (Phi) is 3.57. The Morgan fingerprint density at radius 3 is 2.61 bits per heavy atom. The Morgan fingerprint density at radius 1 is 1.17 bits per heavy atom. The maximum absolute atomic E-state index is 8.86. The van der Waals surface area contributed by atoms with E-state index in [2.05, 4.69) is 5.16 Å². The summed E-state index contributed by atoms with van der Waals surface area (Å²) < 4.78 is 5.65. The van der Waals surface area contributed by atoms with E-state index >= 15 is 0 Å². The third kappa shape index (κ3) is 2.66. The lowest BCUT2D eigenvalue weighted by molar-refractivity contribution is 0.321. The Labute approximate surface area is 104 Å². The van der Waals surface area contributed by atoms with Crippen molar-refractivity contribution in [1.82, 2.24) is 0 Å². The molecule has 0 aliphatic rings. The SMILES string of the molecule is N#Cc1ccc(C=NO)c(Oc2ccccc2)c1. The van der Waals surface area contributed by atoms with E-state index in [1.807, 2.05) is 24.3 Å². The van der Waals surface area contributed by atoms with Crippen LogP contribution in [0.2, 0.25) is 0 Å². The Bertz CT molecular complexity index is 601. The normalized spacial score (nSPS) is 10.2. The molecule has 0 fully saturated rings. The first-order chi connectivity index (χ1) is 8.83. The lowest BCUT2D eigenvalue weighted by Crippen LogP contribution is -1.92. The Morgan fingerprint density at radius 2 is 1.94 bits per heavy atom. The fourth-order valence-electron chi connectivity index (χ4n) is 1.48. The number of para-hydroxylation sites is 1. The highest BCUT2D eigenvalue weighted by Crippen LogP contribution is 2.25. The highest BCUT2D eigenvalue weighted by Gasteiger charge is 2.05. The first kappa shape index (κ1) is 11.7. The number of rotatable bonds is 3. The predicted octanol–water partition coefficient (Wildman–Crippen LogP) is 3.16. The van der Waals surface area contributed by atoms with Gasteiger partial charge in [-0.1, -0.05) is 23.4 Å². The van der Waals surface area contributed by atoms with Gasteiger partial charge in [-0.15, -0.1) is 0 Å². The summed E-state index contributed by atoms with van der Waals surface area (Å²) in [6.45, 7) is 0. The number of nitriles is 1. The van der Waals surface area contributed by atoms with Crippen molar-refractivity contribution in [2.75, 3.05) is 0 Å². The van der Waals surface area contributed by atoms with Crippen LogP contribution in [0, 0.1) is 11.3 Å². The molecule has 2 aromatic carbocycles. The van der Waals surface area contributed by atoms with Gasteiger partial charge in [0, 0.05) is 5.56 Å². The molecule has 0 aliphatic carbocycles. The molecule has 0 unspecified atom stereocenters. The van der Waals surface area contributed by atoms with Gasteiger partial charge in [-0.05, 0) is 30.3 Å². The summed E-state index contributed by atoms with van der Waals surface area (Å²) in [4.78, 5) is 0. The molecule has 88 valence electrons. The molecule has 0 saturated heterocycles. The van der Waals surface area contributed by atoms with Crippen LogP contribution in [0.25, 0.3) is 0 Å². The van der Waals surface area contributed by atoms with Crippen molar-refractivity contribution in [1.29, 1.82) is 5.26 Å². The molecular formula is C14H10N2O2. The van der Waals surface area contributed by atoms with E-state index in [1.165, 1.54) is 6.21 Å². The minimum Gasteiger partial charge on any atom is -0.457 e. The van der Waals surface area contributed by atoms with Crippen LogP contribution in [0.4, 0.5) is 0 Å². The van der Waals surface area contributed by atoms with E-state index in [9.17, 15) is 0 Å². The molecule has 0 atom stereocenters. The van der Waals surface area contributed by atoms with Crippen molar-refractivity contribution < 1.29 is 9.94 Å². The van der Waals surface area contributed by atoms with Gasteiger partial charge in [0.2, 0.25) is 0 Å². The van der Waals surface area contributed by atoms with Gasteiger partial charge in [0.05, 0.1) is 17.8 Å². The third-order valence-electron chi connectivity index (χ3n) is 2.31. The molecule has 1 N–H and O–H groups in total. The molecule has 0 saturated carbocycles. The van der Waals surface area contributed by atoms with E-state index in [1.54, 1.807) is 30.3 Å². The summed E-state index contributed by atoms with van der Waals surface area (Å²) in [5.74, 6) is 1.12. The Hall–Kier alpha value is -2.80. The van der Waals surface area contributed by atoms with Crippen LogP contribution in [0.1, 0.15) is 11.1 Å². The summed E-state index contributed by atoms with van der Waals surface area (Å²) in [6.07, 6.45) is 1.26. The summed E-state index contributed by atoms with van der Waals surface area (Å²) in [6, 6.07) is 16.1. The van der Waals surface area contributed by atoms with Crippen molar-refractivity contribution >= 4 is 6.21 Å². The fraction of sp³-hybridized carbons (Fsp3) is 0. The summed E-state index contributed by atoms with van der Waals surface area (Å²) >= 11 is 0. The zero-order chi connectivity index (χ0) is 12.8. The number of hydrogen-bond acceptors (Lipinski definition) is 4. The summed E-state index contributed by atoms with van der Waals surface area (Å²) in [5, 5.41) is 20.4. The molecule has 4 nitrogen and oxygen atoms in total. The summed E-state index contributed by atoms with van der Waals surface area (Å²) in [5.41, 5.74) is 1.08. The molecule has 0 aromatic heterocycles.